The molecule has 0 aliphatic carbocycles. The minimum absolute atomic E-state index is 0.250. The third kappa shape index (κ3) is 2.54. The largest absolute Gasteiger partial charge is 0.320 e. The molecule has 6 nitrogen and oxygen atoms in total. The van der Waals surface area contributed by atoms with Crippen molar-refractivity contribution in [3.8, 4) is 5.82 Å². The van der Waals surface area contributed by atoms with Gasteiger partial charge in [0, 0.05) is 35.5 Å². The maximum absolute atomic E-state index is 12.4. The van der Waals surface area contributed by atoms with Crippen LogP contribution in [0.3, 0.4) is 0 Å². The van der Waals surface area contributed by atoms with Gasteiger partial charge in [-0.3, -0.25) is 9.78 Å². The molecule has 1 amide bonds. The molecule has 0 atom stereocenters. The first-order chi connectivity index (χ1) is 11.7. The quantitative estimate of drug-likeness (QED) is 0.631. The zero-order valence-electron chi connectivity index (χ0n) is 13.0. The van der Waals surface area contributed by atoms with E-state index in [1.165, 1.54) is 0 Å². The Bertz CT molecular complexity index is 1030. The molecule has 0 saturated carbocycles. The van der Waals surface area contributed by atoms with E-state index >= 15 is 0 Å². The summed E-state index contributed by atoms with van der Waals surface area (Å²) in [5, 5.41) is 7.22. The van der Waals surface area contributed by atoms with Crippen molar-refractivity contribution in [3.63, 3.8) is 0 Å². The number of nitrogens with zero attached hydrogens (tertiary/aromatic N) is 4. The van der Waals surface area contributed by atoms with Crippen LogP contribution in [0.4, 0.5) is 5.69 Å². The molecular weight excluding hydrogens is 302 g/mol. The van der Waals surface area contributed by atoms with Gasteiger partial charge >= 0.3 is 0 Å². The Morgan fingerprint density at radius 3 is 2.88 bits per heavy atom. The Morgan fingerprint density at radius 1 is 1.08 bits per heavy atom. The van der Waals surface area contributed by atoms with Crippen LogP contribution in [-0.4, -0.2) is 25.1 Å². The number of hydrogen-bond acceptors (Lipinski definition) is 3. The van der Waals surface area contributed by atoms with Gasteiger partial charge in [0.15, 0.2) is 5.69 Å². The van der Waals surface area contributed by atoms with Crippen molar-refractivity contribution in [1.29, 1.82) is 0 Å². The third-order valence-electron chi connectivity index (χ3n) is 3.75. The fourth-order valence-corrected chi connectivity index (χ4v) is 2.62. The summed E-state index contributed by atoms with van der Waals surface area (Å²) in [7, 11) is 0. The van der Waals surface area contributed by atoms with Crippen LogP contribution in [0.25, 0.3) is 11.3 Å². The maximum Gasteiger partial charge on any atom is 0.276 e. The van der Waals surface area contributed by atoms with E-state index < -0.39 is 0 Å². The summed E-state index contributed by atoms with van der Waals surface area (Å²) in [5.74, 6) is 0.629. The van der Waals surface area contributed by atoms with Gasteiger partial charge in [-0.15, -0.1) is 0 Å². The van der Waals surface area contributed by atoms with E-state index in [4.69, 9.17) is 0 Å². The topological polar surface area (TPSA) is 64.2 Å². The summed E-state index contributed by atoms with van der Waals surface area (Å²) in [6.45, 7) is 1.88. The highest BCUT2D eigenvalue weighted by atomic mass is 16.1. The number of pyridine rings is 2. The van der Waals surface area contributed by atoms with Gasteiger partial charge in [-0.2, -0.15) is 5.10 Å². The average Bonchev–Trinajstić information content (AvgIpc) is 3.21. The lowest BCUT2D eigenvalue weighted by molar-refractivity contribution is 0.102. The van der Waals surface area contributed by atoms with Crippen LogP contribution in [0, 0.1) is 6.92 Å². The van der Waals surface area contributed by atoms with Gasteiger partial charge in [-0.05, 0) is 49.4 Å². The first kappa shape index (κ1) is 14.2. The lowest BCUT2D eigenvalue weighted by Gasteiger charge is -2.04. The highest BCUT2D eigenvalue weighted by Crippen LogP contribution is 2.15. The molecule has 4 heterocycles. The van der Waals surface area contributed by atoms with Crippen LogP contribution in [0.15, 0.2) is 67.1 Å². The number of fused-ring (bicyclic) bond motifs is 1. The van der Waals surface area contributed by atoms with Crippen LogP contribution in [0.5, 0.6) is 0 Å². The molecule has 4 rings (SSSR count). The Kier molecular flexibility index (Phi) is 3.35. The fourth-order valence-electron chi connectivity index (χ4n) is 2.62. The second-order valence-electron chi connectivity index (χ2n) is 5.47. The number of aromatic nitrogens is 4. The summed E-state index contributed by atoms with van der Waals surface area (Å²) in [6, 6.07) is 15.2. The van der Waals surface area contributed by atoms with Crippen molar-refractivity contribution in [2.75, 3.05) is 5.32 Å². The number of hydrogen-bond donors (Lipinski definition) is 1. The molecule has 4 aromatic rings. The molecule has 0 saturated heterocycles. The van der Waals surface area contributed by atoms with Crippen molar-refractivity contribution < 1.29 is 4.79 Å². The van der Waals surface area contributed by atoms with Crippen LogP contribution >= 0.6 is 0 Å². The summed E-state index contributed by atoms with van der Waals surface area (Å²) in [4.78, 5) is 16.5. The first-order valence-corrected chi connectivity index (χ1v) is 7.57. The Labute approximate surface area is 138 Å². The van der Waals surface area contributed by atoms with Crippen molar-refractivity contribution in [1.82, 2.24) is 19.2 Å². The van der Waals surface area contributed by atoms with Gasteiger partial charge in [0.05, 0.1) is 0 Å². The second-order valence-corrected chi connectivity index (χ2v) is 5.47. The maximum atomic E-state index is 12.4. The minimum atomic E-state index is -0.250. The van der Waals surface area contributed by atoms with Gasteiger partial charge in [0.25, 0.3) is 5.91 Å². The zero-order valence-corrected chi connectivity index (χ0v) is 13.0. The summed E-state index contributed by atoms with van der Waals surface area (Å²) in [6.07, 6.45) is 5.41. The third-order valence-corrected chi connectivity index (χ3v) is 3.75. The average molecular weight is 317 g/mol. The molecule has 6 heteroatoms. The molecule has 1 N–H and O–H groups in total. The molecule has 0 aromatic carbocycles. The van der Waals surface area contributed by atoms with E-state index in [-0.39, 0.29) is 5.91 Å². The first-order valence-electron chi connectivity index (χ1n) is 7.57. The van der Waals surface area contributed by atoms with Crippen LogP contribution in [0.1, 0.15) is 16.2 Å². The van der Waals surface area contributed by atoms with E-state index in [0.29, 0.717) is 11.4 Å². The van der Waals surface area contributed by atoms with Crippen LogP contribution < -0.4 is 5.32 Å². The van der Waals surface area contributed by atoms with Gasteiger partial charge in [-0.1, -0.05) is 6.07 Å². The SMILES string of the molecule is Cc1cc(NC(=O)c2ccn(-c3ccc4ccccn34)n2)ccn1. The van der Waals surface area contributed by atoms with Crippen molar-refractivity contribution in [2.24, 2.45) is 0 Å². The number of carbonyl (C=O) groups excluding carboxylic acids is 1. The lowest BCUT2D eigenvalue weighted by atomic mass is 10.3. The minimum Gasteiger partial charge on any atom is -0.320 e. The standard InChI is InChI=1S/C18H15N5O/c1-13-12-14(7-9-19-13)20-18(24)16-8-11-23(21-16)17-6-5-15-4-2-3-10-22(15)17/h2-12H,1H3,(H,19,20,24). The summed E-state index contributed by atoms with van der Waals surface area (Å²) in [5.41, 5.74) is 2.98. The number of amides is 1. The number of carbonyl (C=O) groups is 1. The van der Waals surface area contributed by atoms with Crippen molar-refractivity contribution >= 4 is 17.1 Å². The van der Waals surface area contributed by atoms with E-state index in [0.717, 1.165) is 17.0 Å². The molecule has 0 spiro atoms. The molecule has 0 fully saturated rings. The number of nitrogens with one attached hydrogen (secondary N) is 1. The molecule has 0 radical (unpaired) electrons. The molecule has 24 heavy (non-hydrogen) atoms. The predicted octanol–water partition coefficient (Wildman–Crippen LogP) is 3.08. The van der Waals surface area contributed by atoms with Gasteiger partial charge in [0.2, 0.25) is 0 Å². The van der Waals surface area contributed by atoms with Gasteiger partial charge in [0.1, 0.15) is 5.82 Å². The lowest BCUT2D eigenvalue weighted by Crippen LogP contribution is -2.13. The Balaban J connectivity index is 1.61. The molecule has 0 aliphatic rings. The van der Waals surface area contributed by atoms with E-state index in [1.807, 2.05) is 53.9 Å². The smallest absolute Gasteiger partial charge is 0.276 e. The fraction of sp³-hybridized carbons (Fsp3) is 0.0556. The number of anilines is 1. The molecule has 4 aromatic heterocycles. The van der Waals surface area contributed by atoms with E-state index in [9.17, 15) is 4.79 Å². The molecule has 118 valence electrons. The van der Waals surface area contributed by atoms with Crippen molar-refractivity contribution in [3.05, 3.63) is 78.5 Å². The number of rotatable bonds is 3. The summed E-state index contributed by atoms with van der Waals surface area (Å²) >= 11 is 0. The molecule has 0 aliphatic heterocycles. The highest BCUT2D eigenvalue weighted by Gasteiger charge is 2.12. The predicted molar refractivity (Wildman–Crippen MR) is 91.4 cm³/mol. The van der Waals surface area contributed by atoms with Gasteiger partial charge < -0.3 is 9.72 Å². The highest BCUT2D eigenvalue weighted by molar-refractivity contribution is 6.02. The van der Waals surface area contributed by atoms with E-state index in [2.05, 4.69) is 15.4 Å². The second kappa shape index (κ2) is 5.66. The van der Waals surface area contributed by atoms with Crippen LogP contribution in [-0.2, 0) is 0 Å². The Morgan fingerprint density at radius 2 is 2.00 bits per heavy atom. The molecule has 0 bridgehead atoms. The van der Waals surface area contributed by atoms with Crippen molar-refractivity contribution in [2.45, 2.75) is 6.92 Å². The van der Waals surface area contributed by atoms with Gasteiger partial charge in [-0.25, -0.2) is 4.68 Å². The Hall–Kier alpha value is -3.41. The summed E-state index contributed by atoms with van der Waals surface area (Å²) < 4.78 is 3.71. The van der Waals surface area contributed by atoms with E-state index in [1.54, 1.807) is 29.2 Å². The monoisotopic (exact) mass is 317 g/mol. The molecular formula is C18H15N5O. The normalized spacial score (nSPS) is 10.9. The molecule has 0 unspecified atom stereocenters. The zero-order chi connectivity index (χ0) is 16.5. The number of aryl methyl sites for hydroxylation is 1. The van der Waals surface area contributed by atoms with Crippen LogP contribution in [0.2, 0.25) is 0 Å².